The SMILES string of the molecule is CC[C@@H]1CN2CC[C@H]1C[C@@H]2CN(Cc1cccs1)Cc1cccs1. The molecule has 0 aromatic carbocycles. The number of hydrogen-bond acceptors (Lipinski definition) is 4. The summed E-state index contributed by atoms with van der Waals surface area (Å²) in [6.45, 7) is 8.48. The molecule has 2 nitrogen and oxygen atoms in total. The van der Waals surface area contributed by atoms with Crippen LogP contribution in [0.25, 0.3) is 0 Å². The molecule has 3 aliphatic rings. The molecule has 1 unspecified atom stereocenters. The number of thiophene rings is 2. The van der Waals surface area contributed by atoms with Crippen LogP contribution >= 0.6 is 22.7 Å². The van der Waals surface area contributed by atoms with Gasteiger partial charge in [-0.15, -0.1) is 22.7 Å². The average Bonchev–Trinajstić information content (AvgIpc) is 3.29. The van der Waals surface area contributed by atoms with Gasteiger partial charge in [0.2, 0.25) is 0 Å². The summed E-state index contributed by atoms with van der Waals surface area (Å²) in [5.74, 6) is 1.94. The van der Waals surface area contributed by atoms with Crippen molar-refractivity contribution in [2.45, 2.75) is 45.3 Å². The molecule has 2 aromatic rings. The quantitative estimate of drug-likeness (QED) is 0.690. The lowest BCUT2D eigenvalue weighted by atomic mass is 9.74. The topological polar surface area (TPSA) is 6.48 Å². The van der Waals surface area contributed by atoms with E-state index >= 15 is 0 Å². The fourth-order valence-corrected chi connectivity index (χ4v) is 6.12. The van der Waals surface area contributed by atoms with Gasteiger partial charge in [-0.3, -0.25) is 9.80 Å². The Kier molecular flexibility index (Phi) is 5.37. The molecule has 130 valence electrons. The minimum Gasteiger partial charge on any atom is -0.299 e. The van der Waals surface area contributed by atoms with E-state index in [4.69, 9.17) is 0 Å². The van der Waals surface area contributed by atoms with Crippen molar-refractivity contribution in [1.82, 2.24) is 9.80 Å². The Morgan fingerprint density at radius 2 is 1.83 bits per heavy atom. The normalized spacial score (nSPS) is 29.4. The van der Waals surface area contributed by atoms with Gasteiger partial charge in [-0.05, 0) is 54.1 Å². The molecule has 3 aliphatic heterocycles. The molecule has 0 N–H and O–H groups in total. The van der Waals surface area contributed by atoms with E-state index in [0.717, 1.165) is 31.0 Å². The second-order valence-electron chi connectivity index (χ2n) is 7.43. The Labute approximate surface area is 154 Å². The molecule has 4 heteroatoms. The molecule has 5 heterocycles. The highest BCUT2D eigenvalue weighted by molar-refractivity contribution is 7.10. The smallest absolute Gasteiger partial charge is 0.0332 e. The van der Waals surface area contributed by atoms with Crippen LogP contribution in [0.2, 0.25) is 0 Å². The number of nitrogens with zero attached hydrogens (tertiary/aromatic N) is 2. The third-order valence-corrected chi connectivity index (χ3v) is 7.65. The van der Waals surface area contributed by atoms with E-state index < -0.39 is 0 Å². The lowest BCUT2D eigenvalue weighted by Gasteiger charge is -2.51. The van der Waals surface area contributed by atoms with Crippen molar-refractivity contribution in [3.8, 4) is 0 Å². The molecule has 0 radical (unpaired) electrons. The molecule has 5 rings (SSSR count). The van der Waals surface area contributed by atoms with Crippen LogP contribution in [0.1, 0.15) is 35.9 Å². The van der Waals surface area contributed by atoms with Gasteiger partial charge in [0.05, 0.1) is 0 Å². The maximum absolute atomic E-state index is 2.80. The first-order valence-electron chi connectivity index (χ1n) is 9.33. The van der Waals surface area contributed by atoms with Gasteiger partial charge in [-0.1, -0.05) is 25.5 Å². The zero-order valence-corrected chi connectivity index (χ0v) is 16.2. The van der Waals surface area contributed by atoms with Crippen molar-refractivity contribution in [2.24, 2.45) is 11.8 Å². The fraction of sp³-hybridized carbons (Fsp3) is 0.600. The fourth-order valence-electron chi connectivity index (χ4n) is 4.63. The summed E-state index contributed by atoms with van der Waals surface area (Å²) in [5, 5.41) is 4.41. The van der Waals surface area contributed by atoms with Crippen molar-refractivity contribution in [3.63, 3.8) is 0 Å². The Bertz CT molecular complexity index is 571. The van der Waals surface area contributed by atoms with Gasteiger partial charge >= 0.3 is 0 Å². The van der Waals surface area contributed by atoms with E-state index in [1.807, 2.05) is 22.7 Å². The Morgan fingerprint density at radius 3 is 2.33 bits per heavy atom. The van der Waals surface area contributed by atoms with E-state index in [9.17, 15) is 0 Å². The molecule has 24 heavy (non-hydrogen) atoms. The highest BCUT2D eigenvalue weighted by atomic mass is 32.1. The number of piperidine rings is 3. The summed E-state index contributed by atoms with van der Waals surface area (Å²) in [6, 6.07) is 9.70. The van der Waals surface area contributed by atoms with Crippen LogP contribution in [0.4, 0.5) is 0 Å². The molecule has 2 aromatic heterocycles. The lowest BCUT2D eigenvalue weighted by molar-refractivity contribution is -0.0159. The van der Waals surface area contributed by atoms with Crippen molar-refractivity contribution >= 4 is 22.7 Å². The maximum atomic E-state index is 2.80. The van der Waals surface area contributed by atoms with E-state index in [1.54, 1.807) is 0 Å². The first-order chi connectivity index (χ1) is 11.8. The van der Waals surface area contributed by atoms with Crippen molar-refractivity contribution in [1.29, 1.82) is 0 Å². The largest absolute Gasteiger partial charge is 0.299 e. The first kappa shape index (κ1) is 16.8. The molecular formula is C20H28N2S2. The molecule has 0 spiro atoms. The molecule has 3 fully saturated rings. The molecule has 0 aliphatic carbocycles. The summed E-state index contributed by atoms with van der Waals surface area (Å²) in [6.07, 6.45) is 4.22. The third kappa shape index (κ3) is 3.77. The zero-order chi connectivity index (χ0) is 16.4. The van der Waals surface area contributed by atoms with Gasteiger partial charge in [-0.25, -0.2) is 0 Å². The van der Waals surface area contributed by atoms with Crippen LogP contribution < -0.4 is 0 Å². The van der Waals surface area contributed by atoms with Crippen molar-refractivity contribution in [3.05, 3.63) is 44.8 Å². The molecule has 3 saturated heterocycles. The summed E-state index contributed by atoms with van der Waals surface area (Å²) in [4.78, 5) is 8.47. The van der Waals surface area contributed by atoms with Crippen LogP contribution in [0.5, 0.6) is 0 Å². The van der Waals surface area contributed by atoms with Gasteiger partial charge in [0.1, 0.15) is 0 Å². The monoisotopic (exact) mass is 360 g/mol. The van der Waals surface area contributed by atoms with Crippen molar-refractivity contribution < 1.29 is 0 Å². The van der Waals surface area contributed by atoms with E-state index in [-0.39, 0.29) is 0 Å². The van der Waals surface area contributed by atoms with Gasteiger partial charge in [0.15, 0.2) is 0 Å². The van der Waals surface area contributed by atoms with Crippen LogP contribution in [0, 0.1) is 11.8 Å². The van der Waals surface area contributed by atoms with Crippen molar-refractivity contribution in [2.75, 3.05) is 19.6 Å². The van der Waals surface area contributed by atoms with Crippen LogP contribution in [-0.2, 0) is 13.1 Å². The Balaban J connectivity index is 1.43. The maximum Gasteiger partial charge on any atom is 0.0332 e. The Morgan fingerprint density at radius 1 is 1.12 bits per heavy atom. The standard InChI is InChI=1S/C20H28N2S2/c1-2-16-12-22-8-7-17(16)11-18(22)13-21(14-19-5-3-9-23-19)15-20-6-4-10-24-20/h3-6,9-10,16-18H,2,7-8,11-15H2,1H3/t16-,17+,18-/m1/s1. The predicted molar refractivity (Wildman–Crippen MR) is 105 cm³/mol. The number of hydrogen-bond donors (Lipinski definition) is 0. The van der Waals surface area contributed by atoms with E-state index in [2.05, 4.69) is 51.7 Å². The van der Waals surface area contributed by atoms with Gasteiger partial charge in [-0.2, -0.15) is 0 Å². The summed E-state index contributed by atoms with van der Waals surface area (Å²) >= 11 is 3.79. The molecule has 4 atom stereocenters. The molecule has 0 amide bonds. The average molecular weight is 361 g/mol. The molecule has 2 bridgehead atoms. The third-order valence-electron chi connectivity index (χ3n) is 5.93. The van der Waals surface area contributed by atoms with E-state index in [0.29, 0.717) is 0 Å². The minimum atomic E-state index is 0.770. The second-order valence-corrected chi connectivity index (χ2v) is 9.49. The van der Waals surface area contributed by atoms with Gasteiger partial charge in [0, 0.05) is 42.0 Å². The highest BCUT2D eigenvalue weighted by Crippen LogP contribution is 2.38. The van der Waals surface area contributed by atoms with Gasteiger partial charge in [0.25, 0.3) is 0 Å². The lowest BCUT2D eigenvalue weighted by Crippen LogP contribution is -2.56. The van der Waals surface area contributed by atoms with E-state index in [1.165, 1.54) is 48.7 Å². The first-order valence-corrected chi connectivity index (χ1v) is 11.1. The van der Waals surface area contributed by atoms with Crippen LogP contribution in [0.15, 0.2) is 35.0 Å². The highest BCUT2D eigenvalue weighted by Gasteiger charge is 2.39. The number of fused-ring (bicyclic) bond motifs is 3. The van der Waals surface area contributed by atoms with Crippen LogP contribution in [-0.4, -0.2) is 35.5 Å². The summed E-state index contributed by atoms with van der Waals surface area (Å²) in [7, 11) is 0. The minimum absolute atomic E-state index is 0.770. The predicted octanol–water partition coefficient (Wildman–Crippen LogP) is 4.93. The van der Waals surface area contributed by atoms with Gasteiger partial charge < -0.3 is 0 Å². The second kappa shape index (κ2) is 7.69. The Hall–Kier alpha value is -0.680. The summed E-state index contributed by atoms with van der Waals surface area (Å²) in [5.41, 5.74) is 0. The molecule has 0 saturated carbocycles. The summed E-state index contributed by atoms with van der Waals surface area (Å²) < 4.78 is 0. The number of rotatable bonds is 7. The van der Waals surface area contributed by atoms with Crippen LogP contribution in [0.3, 0.4) is 0 Å². The molecular weight excluding hydrogens is 332 g/mol. The zero-order valence-electron chi connectivity index (χ0n) is 14.6.